The number of hydrogen-bond donors (Lipinski definition) is 0. The normalized spacial score (nSPS) is 12.9. The molecule has 12 aromatic rings. The van der Waals surface area contributed by atoms with E-state index < -0.39 is 5.41 Å². The second-order valence-electron chi connectivity index (χ2n) is 17.9. The Morgan fingerprint density at radius 3 is 1.42 bits per heavy atom. The van der Waals surface area contributed by atoms with E-state index in [1.54, 1.807) is 0 Å². The summed E-state index contributed by atoms with van der Waals surface area (Å²) in [6.07, 6.45) is 0. The van der Waals surface area contributed by atoms with Crippen molar-refractivity contribution in [3.05, 3.63) is 271 Å². The van der Waals surface area contributed by atoms with Crippen molar-refractivity contribution in [2.45, 2.75) is 5.41 Å². The van der Waals surface area contributed by atoms with Crippen LogP contribution in [-0.2, 0) is 5.41 Å². The van der Waals surface area contributed by atoms with Gasteiger partial charge in [-0.3, -0.25) is 0 Å². The van der Waals surface area contributed by atoms with Gasteiger partial charge in [0.15, 0.2) is 0 Å². The van der Waals surface area contributed by atoms with Gasteiger partial charge in [0.2, 0.25) is 0 Å². The van der Waals surface area contributed by atoms with Crippen molar-refractivity contribution in [2.24, 2.45) is 0 Å². The molecular weight excluding hydrogens is 811 g/mol. The highest BCUT2D eigenvalue weighted by atomic mass is 16.3. The van der Waals surface area contributed by atoms with Crippen molar-refractivity contribution in [1.82, 2.24) is 0 Å². The van der Waals surface area contributed by atoms with Gasteiger partial charge in [0.25, 0.3) is 0 Å². The SMILES string of the molecule is c1ccc(-c2ccc(-c3cc4c(cc3N(c3ccc(-c5ccccc5)cc3)c3ccc5c(c3)C3(c6ccccc6-c6ccccc63)c3ccccc3-5)oc3c5ccccc5ccc43)cc2)cc1. The number of benzene rings is 11. The predicted molar refractivity (Wildman–Crippen MR) is 279 cm³/mol. The van der Waals surface area contributed by atoms with Crippen LogP contribution < -0.4 is 4.90 Å². The summed E-state index contributed by atoms with van der Waals surface area (Å²) in [6.45, 7) is 0. The highest BCUT2D eigenvalue weighted by Crippen LogP contribution is 2.63. The van der Waals surface area contributed by atoms with Crippen molar-refractivity contribution in [3.8, 4) is 55.6 Å². The minimum Gasteiger partial charge on any atom is -0.455 e. The molecule has 0 N–H and O–H groups in total. The zero-order valence-electron chi connectivity index (χ0n) is 36.5. The minimum atomic E-state index is -0.488. The molecule has 0 aliphatic heterocycles. The third-order valence-corrected chi connectivity index (χ3v) is 14.5. The Balaban J connectivity index is 1.05. The molecular formula is C65H41NO. The number of fused-ring (bicyclic) bond motifs is 15. The summed E-state index contributed by atoms with van der Waals surface area (Å²) in [6, 6.07) is 91.3. The maximum Gasteiger partial charge on any atom is 0.143 e. The Hall–Kier alpha value is -8.72. The van der Waals surface area contributed by atoms with E-state index in [2.05, 4.69) is 254 Å². The Kier molecular flexibility index (Phi) is 8.23. The van der Waals surface area contributed by atoms with Gasteiger partial charge < -0.3 is 9.32 Å². The second-order valence-corrected chi connectivity index (χ2v) is 17.9. The number of anilines is 3. The second kappa shape index (κ2) is 14.7. The lowest BCUT2D eigenvalue weighted by molar-refractivity contribution is 0.673. The molecule has 2 aliphatic rings. The molecule has 11 aromatic carbocycles. The zero-order chi connectivity index (χ0) is 44.1. The van der Waals surface area contributed by atoms with Crippen LogP contribution in [0, 0.1) is 0 Å². The lowest BCUT2D eigenvalue weighted by Gasteiger charge is -2.32. The Morgan fingerprint density at radius 2 is 0.791 bits per heavy atom. The first-order valence-corrected chi connectivity index (χ1v) is 23.2. The molecule has 2 aliphatic carbocycles. The van der Waals surface area contributed by atoms with Gasteiger partial charge in [-0.05, 0) is 114 Å². The van der Waals surface area contributed by atoms with Crippen LogP contribution in [0.1, 0.15) is 22.3 Å². The lowest BCUT2D eigenvalue weighted by Crippen LogP contribution is -2.26. The summed E-state index contributed by atoms with van der Waals surface area (Å²) in [4.78, 5) is 2.46. The molecule has 0 fully saturated rings. The third kappa shape index (κ3) is 5.57. The zero-order valence-corrected chi connectivity index (χ0v) is 36.5. The highest BCUT2D eigenvalue weighted by molar-refractivity contribution is 6.17. The maximum absolute atomic E-state index is 7.02. The lowest BCUT2D eigenvalue weighted by atomic mass is 9.70. The molecule has 67 heavy (non-hydrogen) atoms. The van der Waals surface area contributed by atoms with Gasteiger partial charge >= 0.3 is 0 Å². The Morgan fingerprint density at radius 1 is 0.299 bits per heavy atom. The van der Waals surface area contributed by atoms with Crippen LogP contribution in [0.25, 0.3) is 88.3 Å². The van der Waals surface area contributed by atoms with E-state index in [9.17, 15) is 0 Å². The fourth-order valence-corrected chi connectivity index (χ4v) is 11.5. The van der Waals surface area contributed by atoms with E-state index in [-0.39, 0.29) is 0 Å². The molecule has 0 atom stereocenters. The minimum absolute atomic E-state index is 0.488. The quantitative estimate of drug-likeness (QED) is 0.166. The van der Waals surface area contributed by atoms with Crippen LogP contribution in [0.3, 0.4) is 0 Å². The molecule has 14 rings (SSSR count). The molecule has 0 unspecified atom stereocenters. The molecule has 0 saturated carbocycles. The molecule has 0 radical (unpaired) electrons. The monoisotopic (exact) mass is 851 g/mol. The molecule has 1 heterocycles. The Labute approximate surface area is 389 Å². The average molecular weight is 852 g/mol. The van der Waals surface area contributed by atoms with E-state index in [0.717, 1.165) is 60.9 Å². The molecule has 0 saturated heterocycles. The molecule has 0 amide bonds. The van der Waals surface area contributed by atoms with Crippen LogP contribution in [0.15, 0.2) is 253 Å². The number of nitrogens with zero attached hydrogens (tertiary/aromatic N) is 1. The maximum atomic E-state index is 7.02. The van der Waals surface area contributed by atoms with Crippen LogP contribution in [0.5, 0.6) is 0 Å². The van der Waals surface area contributed by atoms with E-state index >= 15 is 0 Å². The third-order valence-electron chi connectivity index (χ3n) is 14.5. The first kappa shape index (κ1) is 37.6. The summed E-state index contributed by atoms with van der Waals surface area (Å²) < 4.78 is 7.02. The molecule has 1 spiro atoms. The van der Waals surface area contributed by atoms with Crippen molar-refractivity contribution in [2.75, 3.05) is 4.90 Å². The Bertz CT molecular complexity index is 3840. The first-order chi connectivity index (χ1) is 33.2. The summed E-state index contributed by atoms with van der Waals surface area (Å²) in [5.41, 5.74) is 21.8. The van der Waals surface area contributed by atoms with Crippen molar-refractivity contribution in [3.63, 3.8) is 0 Å². The van der Waals surface area contributed by atoms with Gasteiger partial charge in [0, 0.05) is 39.2 Å². The van der Waals surface area contributed by atoms with E-state index in [0.29, 0.717) is 0 Å². The van der Waals surface area contributed by atoms with E-state index in [1.807, 2.05) is 0 Å². The predicted octanol–water partition coefficient (Wildman–Crippen LogP) is 17.6. The van der Waals surface area contributed by atoms with Gasteiger partial charge in [-0.2, -0.15) is 0 Å². The van der Waals surface area contributed by atoms with Gasteiger partial charge in [0.05, 0.1) is 11.1 Å². The topological polar surface area (TPSA) is 16.4 Å². The first-order valence-electron chi connectivity index (χ1n) is 23.2. The highest BCUT2D eigenvalue weighted by Gasteiger charge is 2.51. The van der Waals surface area contributed by atoms with Crippen LogP contribution in [-0.4, -0.2) is 0 Å². The summed E-state index contributed by atoms with van der Waals surface area (Å²) >= 11 is 0. The van der Waals surface area contributed by atoms with Gasteiger partial charge in [-0.1, -0.05) is 206 Å². The number of furan rings is 1. The number of hydrogen-bond acceptors (Lipinski definition) is 2. The molecule has 312 valence electrons. The summed E-state index contributed by atoms with van der Waals surface area (Å²) in [5, 5.41) is 4.47. The van der Waals surface area contributed by atoms with Crippen molar-refractivity contribution in [1.29, 1.82) is 0 Å². The van der Waals surface area contributed by atoms with Crippen LogP contribution in [0.4, 0.5) is 17.1 Å². The average Bonchev–Trinajstić information content (AvgIpc) is 4.03. The van der Waals surface area contributed by atoms with E-state index in [4.69, 9.17) is 4.42 Å². The molecule has 1 aromatic heterocycles. The fraction of sp³-hybridized carbons (Fsp3) is 0.0154. The smallest absolute Gasteiger partial charge is 0.143 e. The van der Waals surface area contributed by atoms with Crippen molar-refractivity contribution < 1.29 is 4.42 Å². The number of rotatable bonds is 6. The van der Waals surface area contributed by atoms with Gasteiger partial charge in [-0.15, -0.1) is 0 Å². The fourth-order valence-electron chi connectivity index (χ4n) is 11.5. The largest absolute Gasteiger partial charge is 0.455 e. The van der Waals surface area contributed by atoms with Gasteiger partial charge in [0.1, 0.15) is 11.2 Å². The molecule has 2 heteroatoms. The van der Waals surface area contributed by atoms with Crippen LogP contribution in [0.2, 0.25) is 0 Å². The summed E-state index contributed by atoms with van der Waals surface area (Å²) in [5.74, 6) is 0. The molecule has 2 nitrogen and oxygen atoms in total. The molecule has 0 bridgehead atoms. The van der Waals surface area contributed by atoms with Crippen LogP contribution >= 0.6 is 0 Å². The summed E-state index contributed by atoms with van der Waals surface area (Å²) in [7, 11) is 0. The standard InChI is InChI=1S/C65H41NO/c1-3-15-42(16-4-1)44-27-29-47(30-28-44)56-40-57-55-37-33-46-19-7-8-20-50(46)64(55)67-63(57)41-62(56)66(48-34-31-45(32-35-48)43-17-5-2-6-18-43)49-36-38-54-53-23-11-14-26-60(53)65(61(54)39-49)58-24-12-9-21-51(58)52-22-10-13-25-59(52)65/h1-41H. The van der Waals surface area contributed by atoms with Crippen molar-refractivity contribution >= 4 is 49.8 Å². The van der Waals surface area contributed by atoms with E-state index in [1.165, 1.54) is 66.8 Å². The van der Waals surface area contributed by atoms with Gasteiger partial charge in [-0.25, -0.2) is 0 Å².